The van der Waals surface area contributed by atoms with E-state index in [2.05, 4.69) is 39.9 Å². The zero-order valence-electron chi connectivity index (χ0n) is 74.9. The number of nitrogens with zero attached hydrogens (tertiary/aromatic N) is 8. The molecule has 768 valence electrons. The molecule has 0 unspecified atom stereocenters. The van der Waals surface area contributed by atoms with Crippen LogP contribution in [0.4, 0.5) is 132 Å². The average Bonchev–Trinajstić information content (AvgIpc) is 1.58. The SMILES string of the molecule is C1CCOC1.C1CCOC1.C1CCOC1.C1CCOC1.C1CCOC1.C1CCOC1.Fc1c(F)c(F)c([C+]2c3ccc([n-]3)-c3ccc([n-]3)[C+](c3c(F)c(F)c(F)c(F)c3F)c3ccc([n-]3)[C+](c3c(F)c(F)c(F)c(F)c3F)c3ccc2[n-]3)c(F)c1F.Fc1c(F)c(F)c([C+]2c3ccc([n-]3)-c3ccc([n-]3)[C+](c3c(F)c(F)c(F)c(F)c3F)c3ccc([n-]3)[C+](c3c(F)c(F)c(F)c(F)c3F)c3ccc2[n-]3)c(F)c1F.[Mg+2].[Mo+2].[Mo+2].[O-2].[O-2]. The van der Waals surface area contributed by atoms with Crippen LogP contribution in [0.1, 0.15) is 179 Å². The third kappa shape index (κ3) is 23.9. The van der Waals surface area contributed by atoms with Crippen molar-refractivity contribution in [1.29, 1.82) is 0 Å². The molecule has 16 bridgehead atoms. The Morgan fingerprint density at radius 3 is 0.327 bits per heavy atom. The van der Waals surface area contributed by atoms with Gasteiger partial charge in [-0.3, -0.25) is 0 Å². The van der Waals surface area contributed by atoms with E-state index >= 15 is 52.7 Å². The van der Waals surface area contributed by atoms with Crippen molar-refractivity contribution >= 4 is 23.1 Å². The molecular weight excluding hydrogens is 2200 g/mol. The second-order valence-corrected chi connectivity index (χ2v) is 31.6. The largest absolute Gasteiger partial charge is 2.00 e. The molecule has 16 heterocycles. The average molecular weight is 2270 g/mol. The van der Waals surface area contributed by atoms with Gasteiger partial charge < -0.3 is 79.2 Å². The standard InChI is InChI=1S/2C37H8F15N4.6C4H8O.Mg.2Mo.2O/c2*38-23-20(24(39)30(45)35(50)29(23)44)17-11-3-1-9(53-11)10-2-4-12(54-10)18(21-25(40)31(46)36(51)32(47)26(21)41)14-6-8-16(56-14)19(15-7-5-13(17)55-15)22-27(42)33(48)37(52)34(49)28(22)43;6*1-2-4-5-3-1;;;;;/h2*1-8H;6*1-4H2;;;;;/q2*-1;;;;;;;3*+2;2*-2. The summed E-state index contributed by atoms with van der Waals surface area (Å²) in [6.07, 6.45) is 15.3. The predicted molar refractivity (Wildman–Crippen MR) is 444 cm³/mol. The van der Waals surface area contributed by atoms with Crippen LogP contribution in [0.25, 0.3) is 22.8 Å². The number of aromatic nitrogens is 8. The van der Waals surface area contributed by atoms with Gasteiger partial charge in [-0.2, -0.15) is 132 Å². The summed E-state index contributed by atoms with van der Waals surface area (Å²) in [7, 11) is 0. The fraction of sp³-hybridized carbons (Fsp3) is 0.245. The van der Waals surface area contributed by atoms with Crippen molar-refractivity contribution in [2.75, 3.05) is 79.3 Å². The minimum absolute atomic E-state index is 0. The molecule has 8 aromatic heterocycles. The number of ether oxygens (including phenoxy) is 6. The van der Waals surface area contributed by atoms with E-state index in [-0.39, 0.29) is 98.9 Å². The van der Waals surface area contributed by atoms with E-state index in [1.165, 1.54) is 77.0 Å². The molecule has 6 aromatic carbocycles. The van der Waals surface area contributed by atoms with Crippen molar-refractivity contribution < 1.29 is 213 Å². The monoisotopic (exact) mass is 2270 g/mol. The fourth-order valence-corrected chi connectivity index (χ4v) is 15.5. The normalized spacial score (nSPS) is 14.7. The Morgan fingerprint density at radius 1 is 0.143 bits per heavy atom. The van der Waals surface area contributed by atoms with E-state index in [9.17, 15) is 79.0 Å². The van der Waals surface area contributed by atoms with Crippen LogP contribution in [-0.4, -0.2) is 102 Å². The first-order valence-electron chi connectivity index (χ1n) is 43.0. The summed E-state index contributed by atoms with van der Waals surface area (Å²) in [5.41, 5.74) is -19.9. The molecule has 8 aliphatic rings. The molecule has 16 nitrogen and oxygen atoms in total. The van der Waals surface area contributed by atoms with Gasteiger partial charge in [0.25, 0.3) is 0 Å². The van der Waals surface area contributed by atoms with Crippen molar-refractivity contribution in [3.63, 3.8) is 0 Å². The van der Waals surface area contributed by atoms with Crippen LogP contribution in [0, 0.1) is 210 Å². The van der Waals surface area contributed by atoms with Crippen LogP contribution in [0.3, 0.4) is 0 Å². The molecule has 0 radical (unpaired) electrons. The zero-order chi connectivity index (χ0) is 102. The quantitative estimate of drug-likeness (QED) is 0.0496. The summed E-state index contributed by atoms with van der Waals surface area (Å²) in [5.74, 6) is -80.0. The van der Waals surface area contributed by atoms with Crippen LogP contribution in [0.15, 0.2) is 97.1 Å². The van der Waals surface area contributed by atoms with Gasteiger partial charge in [-0.05, 0) is 171 Å². The van der Waals surface area contributed by atoms with Crippen molar-refractivity contribution in [3.05, 3.63) is 409 Å². The van der Waals surface area contributed by atoms with Crippen molar-refractivity contribution in [3.8, 4) is 22.8 Å². The molecule has 0 spiro atoms. The van der Waals surface area contributed by atoms with Gasteiger partial charge in [0.15, 0.2) is 33.4 Å². The molecule has 0 aliphatic carbocycles. The summed E-state index contributed by atoms with van der Waals surface area (Å²) in [6.45, 7) is 12.0. The summed E-state index contributed by atoms with van der Waals surface area (Å²) in [5, 5.41) is 0. The Bertz CT molecular complexity index is 5950. The van der Waals surface area contributed by atoms with Crippen LogP contribution >= 0.6 is 0 Å². The third-order valence-electron chi connectivity index (χ3n) is 22.4. The topological polar surface area (TPSA) is 225 Å². The smallest absolute Gasteiger partial charge is 2.00 e. The number of halogens is 30. The van der Waals surface area contributed by atoms with E-state index in [1.54, 1.807) is 0 Å². The van der Waals surface area contributed by atoms with Gasteiger partial charge in [0.1, 0.15) is 0 Å². The maximum atomic E-state index is 15.5. The van der Waals surface area contributed by atoms with Gasteiger partial charge in [-0.25, -0.2) is 0 Å². The first-order chi connectivity index (χ1) is 68.1. The molecule has 22 rings (SSSR count). The molecule has 0 saturated carbocycles. The summed E-state index contributed by atoms with van der Waals surface area (Å²) < 4.78 is 475. The number of benzene rings is 6. The molecule has 8 aliphatic heterocycles. The Labute approximate surface area is 858 Å². The van der Waals surface area contributed by atoms with E-state index in [1.807, 2.05) is 0 Å². The van der Waals surface area contributed by atoms with Gasteiger partial charge >= 0.3 is 65.2 Å². The van der Waals surface area contributed by atoms with Crippen molar-refractivity contribution in [2.24, 2.45) is 0 Å². The second-order valence-electron chi connectivity index (χ2n) is 31.6. The van der Waals surface area contributed by atoms with Crippen molar-refractivity contribution in [1.82, 2.24) is 39.9 Å². The summed E-state index contributed by atoms with van der Waals surface area (Å²) in [6, 6.07) is 14.4. The van der Waals surface area contributed by atoms with E-state index in [4.69, 9.17) is 28.4 Å². The molecule has 0 N–H and O–H groups in total. The minimum atomic E-state index is -2.62. The second kappa shape index (κ2) is 51.1. The molecule has 147 heavy (non-hydrogen) atoms. The zero-order valence-corrected chi connectivity index (χ0v) is 80.3. The van der Waals surface area contributed by atoms with Crippen LogP contribution in [0.2, 0.25) is 0 Å². The number of hydrogen-bond donors (Lipinski definition) is 0. The first-order valence-corrected chi connectivity index (χ1v) is 43.0. The minimum Gasteiger partial charge on any atom is -2.00 e. The predicted octanol–water partition coefficient (Wildman–Crippen LogP) is 21.4. The van der Waals surface area contributed by atoms with Gasteiger partial charge in [0.2, 0.25) is 175 Å². The fourth-order valence-electron chi connectivity index (χ4n) is 15.5. The molecule has 0 atom stereocenters. The van der Waals surface area contributed by atoms with E-state index < -0.39 is 312 Å². The number of fused-ring (bicyclic) bond motifs is 18. The van der Waals surface area contributed by atoms with E-state index in [0.717, 1.165) is 176 Å². The summed E-state index contributed by atoms with van der Waals surface area (Å²) >= 11 is 0. The third-order valence-corrected chi connectivity index (χ3v) is 22.4. The Balaban J connectivity index is 0.000000226. The summed E-state index contributed by atoms with van der Waals surface area (Å²) in [4.78, 5) is 32.5. The first kappa shape index (κ1) is 117. The maximum absolute atomic E-state index is 15.5. The Hall–Kier alpha value is -11.5. The van der Waals surface area contributed by atoms with Gasteiger partial charge in [-0.15, -0.1) is 22.8 Å². The molecule has 6 saturated heterocycles. The van der Waals surface area contributed by atoms with Gasteiger partial charge in [0, 0.05) is 163 Å². The van der Waals surface area contributed by atoms with Crippen LogP contribution < -0.4 is 39.9 Å². The molecule has 6 fully saturated rings. The maximum Gasteiger partial charge on any atom is 2.00 e. The number of rotatable bonds is 6. The van der Waals surface area contributed by atoms with Gasteiger partial charge in [-0.1, -0.05) is 22.8 Å². The number of hydrogen-bond acceptors (Lipinski definition) is 6. The Morgan fingerprint density at radius 2 is 0.231 bits per heavy atom. The Kier molecular flexibility index (Phi) is 40.8. The molecular formula is C98H64F30MgMo2N8O8. The van der Waals surface area contributed by atoms with Crippen LogP contribution in [0.5, 0.6) is 0 Å². The van der Waals surface area contributed by atoms with E-state index in [0.29, 0.717) is 0 Å². The van der Waals surface area contributed by atoms with Crippen LogP contribution in [-0.2, 0) is 81.5 Å². The van der Waals surface area contributed by atoms with Gasteiger partial charge in [0.05, 0.1) is 0 Å². The molecule has 14 aromatic rings. The van der Waals surface area contributed by atoms with Crippen molar-refractivity contribution in [2.45, 2.75) is 77.0 Å². The molecule has 49 heteroatoms. The molecule has 0 amide bonds.